The molecule has 0 heterocycles. The van der Waals surface area contributed by atoms with Crippen LogP contribution in [0.2, 0.25) is 0 Å². The van der Waals surface area contributed by atoms with E-state index < -0.39 is 0 Å². The van der Waals surface area contributed by atoms with Crippen LogP contribution in [-0.4, -0.2) is 0 Å². The van der Waals surface area contributed by atoms with E-state index in [0.717, 1.165) is 20.1 Å². The Morgan fingerprint density at radius 2 is 1.81 bits per heavy atom. The largest absolute Gasteiger partial charge is 0.488 e. The van der Waals surface area contributed by atoms with Crippen LogP contribution >= 0.6 is 31.9 Å². The summed E-state index contributed by atoms with van der Waals surface area (Å²) in [5, 5.41) is 9.40. The molecule has 0 aliphatic carbocycles. The fourth-order valence-corrected chi connectivity index (χ4v) is 3.24. The van der Waals surface area contributed by atoms with Crippen molar-refractivity contribution in [2.24, 2.45) is 0 Å². The van der Waals surface area contributed by atoms with Gasteiger partial charge in [0.05, 0.1) is 16.1 Å². The van der Waals surface area contributed by atoms with Crippen LogP contribution in [0.15, 0.2) is 75.7 Å². The first-order chi connectivity index (χ1) is 13.0. The van der Waals surface area contributed by atoms with Crippen molar-refractivity contribution in [3.05, 3.63) is 98.2 Å². The number of allylic oxidation sites excluding steroid dienone is 1. The molecule has 0 saturated heterocycles. The summed E-state index contributed by atoms with van der Waals surface area (Å²) in [6, 6.07) is 21.6. The van der Waals surface area contributed by atoms with Crippen molar-refractivity contribution in [2.45, 2.75) is 6.61 Å². The molecule has 3 aromatic rings. The van der Waals surface area contributed by atoms with Crippen LogP contribution in [0.4, 0.5) is 4.39 Å². The average molecular weight is 487 g/mol. The number of hydrogen-bond donors (Lipinski definition) is 0. The molecule has 0 aliphatic heterocycles. The summed E-state index contributed by atoms with van der Waals surface area (Å²) >= 11 is 6.92. The second kappa shape index (κ2) is 8.98. The maximum absolute atomic E-state index is 13.4. The summed E-state index contributed by atoms with van der Waals surface area (Å²) < 4.78 is 21.1. The lowest BCUT2D eigenvalue weighted by Crippen LogP contribution is -1.96. The molecule has 0 saturated carbocycles. The highest BCUT2D eigenvalue weighted by Crippen LogP contribution is 2.29. The number of rotatable bonds is 5. The predicted molar refractivity (Wildman–Crippen MR) is 113 cm³/mol. The van der Waals surface area contributed by atoms with Gasteiger partial charge in [0.1, 0.15) is 18.2 Å². The number of benzene rings is 3. The van der Waals surface area contributed by atoms with E-state index in [1.54, 1.807) is 18.2 Å². The van der Waals surface area contributed by atoms with Crippen molar-refractivity contribution in [1.82, 2.24) is 0 Å². The second-order valence-corrected chi connectivity index (χ2v) is 7.56. The third kappa shape index (κ3) is 5.29. The topological polar surface area (TPSA) is 33.0 Å². The second-order valence-electron chi connectivity index (χ2n) is 5.79. The maximum atomic E-state index is 13.4. The minimum atomic E-state index is -0.369. The summed E-state index contributed by atoms with van der Waals surface area (Å²) in [5.74, 6) is 0.339. The predicted octanol–water partition coefficient (Wildman–Crippen LogP) is 6.99. The van der Waals surface area contributed by atoms with Gasteiger partial charge in [-0.1, -0.05) is 46.3 Å². The molecule has 0 radical (unpaired) electrons. The van der Waals surface area contributed by atoms with Gasteiger partial charge in [-0.05, 0) is 75.1 Å². The van der Waals surface area contributed by atoms with Gasteiger partial charge in [-0.25, -0.2) is 4.39 Å². The first-order valence-corrected chi connectivity index (χ1v) is 9.68. The Morgan fingerprint density at radius 3 is 2.48 bits per heavy atom. The standard InChI is InChI=1S/C22H14Br2FNO/c23-19-7-4-15(5-8-19)14-27-22-9-6-16(11-21(22)24)10-18(13-26)17-2-1-3-20(25)12-17/h1-12H,14H2/b18-10-. The Kier molecular flexibility index (Phi) is 6.44. The Morgan fingerprint density at radius 1 is 1.04 bits per heavy atom. The third-order valence-corrected chi connectivity index (χ3v) is 4.98. The van der Waals surface area contributed by atoms with E-state index in [0.29, 0.717) is 23.5 Å². The molecule has 0 aliphatic rings. The van der Waals surface area contributed by atoms with E-state index in [2.05, 4.69) is 37.9 Å². The maximum Gasteiger partial charge on any atom is 0.134 e. The Labute approximate surface area is 174 Å². The molecule has 0 N–H and O–H groups in total. The van der Waals surface area contributed by atoms with Gasteiger partial charge >= 0.3 is 0 Å². The fraction of sp³-hybridized carbons (Fsp3) is 0.0455. The molecular formula is C22H14Br2FNO. The van der Waals surface area contributed by atoms with Crippen LogP contribution in [-0.2, 0) is 6.61 Å². The van der Waals surface area contributed by atoms with Crippen LogP contribution in [0.25, 0.3) is 11.6 Å². The fourth-order valence-electron chi connectivity index (χ4n) is 2.47. The lowest BCUT2D eigenvalue weighted by Gasteiger charge is -2.09. The summed E-state index contributed by atoms with van der Waals surface area (Å²) in [6.45, 7) is 0.452. The molecule has 0 spiro atoms. The minimum absolute atomic E-state index is 0.369. The van der Waals surface area contributed by atoms with Crippen molar-refractivity contribution >= 4 is 43.5 Å². The molecule has 0 unspecified atom stereocenters. The molecule has 3 rings (SSSR count). The summed E-state index contributed by atoms with van der Waals surface area (Å²) in [7, 11) is 0. The molecule has 3 aromatic carbocycles. The van der Waals surface area contributed by atoms with Gasteiger partial charge < -0.3 is 4.74 Å². The number of ether oxygens (including phenoxy) is 1. The van der Waals surface area contributed by atoms with E-state index in [1.165, 1.54) is 12.1 Å². The third-order valence-electron chi connectivity index (χ3n) is 3.83. The van der Waals surface area contributed by atoms with Gasteiger partial charge in [0, 0.05) is 4.47 Å². The lowest BCUT2D eigenvalue weighted by molar-refractivity contribution is 0.304. The zero-order valence-corrected chi connectivity index (χ0v) is 17.3. The van der Waals surface area contributed by atoms with E-state index in [9.17, 15) is 9.65 Å². The van der Waals surface area contributed by atoms with Crippen LogP contribution in [0.3, 0.4) is 0 Å². The van der Waals surface area contributed by atoms with E-state index in [4.69, 9.17) is 4.74 Å². The number of nitriles is 1. The zero-order chi connectivity index (χ0) is 19.2. The average Bonchev–Trinajstić information content (AvgIpc) is 2.66. The normalized spacial score (nSPS) is 11.1. The first-order valence-electron chi connectivity index (χ1n) is 8.10. The molecule has 0 bridgehead atoms. The minimum Gasteiger partial charge on any atom is -0.488 e. The van der Waals surface area contributed by atoms with E-state index in [-0.39, 0.29) is 5.82 Å². The SMILES string of the molecule is N#C/C(=C/c1ccc(OCc2ccc(Br)cc2)c(Br)c1)c1cccc(F)c1. The summed E-state index contributed by atoms with van der Waals surface area (Å²) in [4.78, 5) is 0. The Balaban J connectivity index is 1.77. The molecule has 5 heteroatoms. The van der Waals surface area contributed by atoms with Gasteiger partial charge in [0.15, 0.2) is 0 Å². The van der Waals surface area contributed by atoms with Crippen molar-refractivity contribution in [3.63, 3.8) is 0 Å². The molecule has 134 valence electrons. The number of nitrogens with zero attached hydrogens (tertiary/aromatic N) is 1. The van der Waals surface area contributed by atoms with E-state index in [1.807, 2.05) is 42.5 Å². The van der Waals surface area contributed by atoms with Gasteiger partial charge in [-0.15, -0.1) is 0 Å². The van der Waals surface area contributed by atoms with Gasteiger partial charge in [0.25, 0.3) is 0 Å². The number of halogens is 3. The monoisotopic (exact) mass is 485 g/mol. The highest BCUT2D eigenvalue weighted by molar-refractivity contribution is 9.10. The Bertz CT molecular complexity index is 1020. The van der Waals surface area contributed by atoms with Crippen molar-refractivity contribution in [1.29, 1.82) is 5.26 Å². The van der Waals surface area contributed by atoms with Crippen LogP contribution in [0.1, 0.15) is 16.7 Å². The van der Waals surface area contributed by atoms with Crippen molar-refractivity contribution in [2.75, 3.05) is 0 Å². The summed E-state index contributed by atoms with van der Waals surface area (Å²) in [6.07, 6.45) is 1.72. The molecule has 0 atom stereocenters. The van der Waals surface area contributed by atoms with E-state index >= 15 is 0 Å². The van der Waals surface area contributed by atoms with Gasteiger partial charge in [-0.2, -0.15) is 5.26 Å². The smallest absolute Gasteiger partial charge is 0.134 e. The zero-order valence-electron chi connectivity index (χ0n) is 14.1. The van der Waals surface area contributed by atoms with Crippen molar-refractivity contribution < 1.29 is 9.13 Å². The number of hydrogen-bond acceptors (Lipinski definition) is 2. The molecule has 27 heavy (non-hydrogen) atoms. The Hall–Kier alpha value is -2.42. The van der Waals surface area contributed by atoms with Crippen LogP contribution < -0.4 is 4.74 Å². The van der Waals surface area contributed by atoms with Gasteiger partial charge in [0.2, 0.25) is 0 Å². The molecule has 2 nitrogen and oxygen atoms in total. The molecule has 0 aromatic heterocycles. The molecular weight excluding hydrogens is 473 g/mol. The van der Waals surface area contributed by atoms with Crippen LogP contribution in [0.5, 0.6) is 5.75 Å². The van der Waals surface area contributed by atoms with Gasteiger partial charge in [-0.3, -0.25) is 0 Å². The molecule has 0 amide bonds. The lowest BCUT2D eigenvalue weighted by atomic mass is 10.0. The summed E-state index contributed by atoms with van der Waals surface area (Å²) in [5.41, 5.74) is 2.82. The first kappa shape index (κ1) is 19.3. The quantitative estimate of drug-likeness (QED) is 0.287. The highest BCUT2D eigenvalue weighted by Gasteiger charge is 2.06. The highest BCUT2D eigenvalue weighted by atomic mass is 79.9. The van der Waals surface area contributed by atoms with Crippen molar-refractivity contribution in [3.8, 4) is 11.8 Å². The molecule has 0 fully saturated rings. The van der Waals surface area contributed by atoms with Crippen LogP contribution in [0, 0.1) is 17.1 Å².